The first-order chi connectivity index (χ1) is 18.6. The van der Waals surface area contributed by atoms with Crippen molar-refractivity contribution in [3.63, 3.8) is 0 Å². The van der Waals surface area contributed by atoms with Gasteiger partial charge in [0.25, 0.3) is 11.8 Å². The van der Waals surface area contributed by atoms with Crippen molar-refractivity contribution in [2.75, 3.05) is 26.2 Å². The Balaban J connectivity index is 1.22. The van der Waals surface area contributed by atoms with E-state index in [1.54, 1.807) is 46.2 Å². The molecule has 0 atom stereocenters. The molecule has 3 amide bonds. The number of amides is 3. The fourth-order valence-electron chi connectivity index (χ4n) is 4.60. The minimum absolute atomic E-state index is 0.00276. The van der Waals surface area contributed by atoms with Crippen molar-refractivity contribution in [2.24, 2.45) is 0 Å². The van der Waals surface area contributed by atoms with E-state index in [0.29, 0.717) is 74.4 Å². The summed E-state index contributed by atoms with van der Waals surface area (Å²) in [5.74, 6) is 0.286. The number of aromatic nitrogens is 1. The lowest BCUT2D eigenvalue weighted by molar-refractivity contribution is 0.0199. The molecule has 10 nitrogen and oxygen atoms in total. The molecule has 0 aliphatic carbocycles. The molecule has 1 aromatic heterocycles. The van der Waals surface area contributed by atoms with Crippen molar-refractivity contribution < 1.29 is 23.9 Å². The number of carbonyl (C=O) groups excluding carboxylic acids is 3. The summed E-state index contributed by atoms with van der Waals surface area (Å²) in [4.78, 5) is 45.6. The molecule has 206 valence electrons. The molecule has 0 bridgehead atoms. The van der Waals surface area contributed by atoms with E-state index in [9.17, 15) is 14.4 Å². The number of pyridine rings is 1. The molecule has 39 heavy (non-hydrogen) atoms. The van der Waals surface area contributed by atoms with Gasteiger partial charge in [0.1, 0.15) is 23.1 Å². The Kier molecular flexibility index (Phi) is 8.69. The van der Waals surface area contributed by atoms with Gasteiger partial charge in [-0.3, -0.25) is 14.6 Å². The first kappa shape index (κ1) is 27.9. The highest BCUT2D eigenvalue weighted by molar-refractivity contribution is 5.96. The molecule has 1 aromatic carbocycles. The van der Waals surface area contributed by atoms with Gasteiger partial charge < -0.3 is 24.6 Å². The van der Waals surface area contributed by atoms with Crippen molar-refractivity contribution in [3.8, 4) is 11.8 Å². The normalized spacial score (nSPS) is 16.8. The molecule has 0 spiro atoms. The van der Waals surface area contributed by atoms with Crippen LogP contribution >= 0.6 is 0 Å². The Morgan fingerprint density at radius 1 is 0.949 bits per heavy atom. The summed E-state index contributed by atoms with van der Waals surface area (Å²) in [5.41, 5.74) is 0.722. The Morgan fingerprint density at radius 3 is 2.15 bits per heavy atom. The average molecular weight is 534 g/mol. The van der Waals surface area contributed by atoms with Crippen LogP contribution in [0.1, 0.15) is 72.9 Å². The number of piperidine rings is 2. The molecule has 0 radical (unpaired) electrons. The fourth-order valence-corrected chi connectivity index (χ4v) is 4.60. The number of nitrogens with one attached hydrogen (secondary N) is 1. The molecular weight excluding hydrogens is 498 g/mol. The molecule has 2 aromatic rings. The molecule has 0 unspecified atom stereocenters. The van der Waals surface area contributed by atoms with Gasteiger partial charge in [0.05, 0.1) is 17.2 Å². The number of carbonyl (C=O) groups is 3. The number of ether oxygens (including phenoxy) is 2. The molecule has 10 heteroatoms. The summed E-state index contributed by atoms with van der Waals surface area (Å²) < 4.78 is 11.4. The number of benzene rings is 1. The van der Waals surface area contributed by atoms with Crippen LogP contribution in [0.4, 0.5) is 4.79 Å². The van der Waals surface area contributed by atoms with Crippen LogP contribution < -0.4 is 10.1 Å². The third-order valence-electron chi connectivity index (χ3n) is 6.74. The first-order valence-corrected chi connectivity index (χ1v) is 13.3. The smallest absolute Gasteiger partial charge is 0.410 e. The summed E-state index contributed by atoms with van der Waals surface area (Å²) in [6, 6.07) is 12.2. The Hall–Kier alpha value is -4.13. The molecule has 0 saturated carbocycles. The maximum absolute atomic E-state index is 13.0. The number of nitrogens with zero attached hydrogens (tertiary/aromatic N) is 4. The quantitative estimate of drug-likeness (QED) is 0.620. The summed E-state index contributed by atoms with van der Waals surface area (Å²) in [7, 11) is 0. The monoisotopic (exact) mass is 533 g/mol. The van der Waals surface area contributed by atoms with Crippen molar-refractivity contribution in [1.82, 2.24) is 20.1 Å². The Bertz CT molecular complexity index is 1200. The third kappa shape index (κ3) is 7.69. The lowest BCUT2D eigenvalue weighted by Gasteiger charge is -2.33. The van der Waals surface area contributed by atoms with Gasteiger partial charge >= 0.3 is 6.09 Å². The van der Waals surface area contributed by atoms with E-state index >= 15 is 0 Å². The van der Waals surface area contributed by atoms with Crippen LogP contribution in [0.15, 0.2) is 42.6 Å². The predicted molar refractivity (Wildman–Crippen MR) is 143 cm³/mol. The number of nitriles is 1. The number of rotatable bonds is 5. The maximum Gasteiger partial charge on any atom is 0.410 e. The molecule has 2 aliphatic heterocycles. The van der Waals surface area contributed by atoms with Crippen LogP contribution in [0.2, 0.25) is 0 Å². The van der Waals surface area contributed by atoms with E-state index in [4.69, 9.17) is 14.7 Å². The van der Waals surface area contributed by atoms with Crippen molar-refractivity contribution in [3.05, 3.63) is 59.4 Å². The van der Waals surface area contributed by atoms with Crippen LogP contribution in [0, 0.1) is 11.3 Å². The highest BCUT2D eigenvalue weighted by Gasteiger charge is 2.28. The van der Waals surface area contributed by atoms with E-state index < -0.39 is 5.60 Å². The van der Waals surface area contributed by atoms with E-state index in [-0.39, 0.29) is 30.1 Å². The lowest BCUT2D eigenvalue weighted by Crippen LogP contribution is -2.47. The van der Waals surface area contributed by atoms with Gasteiger partial charge in [-0.2, -0.15) is 5.26 Å². The van der Waals surface area contributed by atoms with Gasteiger partial charge in [-0.05, 0) is 70.0 Å². The largest absolute Gasteiger partial charge is 0.490 e. The summed E-state index contributed by atoms with van der Waals surface area (Å²) >= 11 is 0. The van der Waals surface area contributed by atoms with Crippen LogP contribution in [0.5, 0.6) is 5.75 Å². The lowest BCUT2D eigenvalue weighted by atomic mass is 10.0. The number of hydrogen-bond donors (Lipinski definition) is 1. The first-order valence-electron chi connectivity index (χ1n) is 13.3. The average Bonchev–Trinajstić information content (AvgIpc) is 2.93. The van der Waals surface area contributed by atoms with Gasteiger partial charge in [-0.15, -0.1) is 0 Å². The van der Waals surface area contributed by atoms with Crippen LogP contribution in [0.25, 0.3) is 0 Å². The molecule has 2 aliphatic rings. The second-order valence-corrected chi connectivity index (χ2v) is 10.9. The minimum atomic E-state index is -0.541. The highest BCUT2D eigenvalue weighted by atomic mass is 16.6. The second-order valence-electron chi connectivity index (χ2n) is 10.9. The standard InChI is InChI=1S/C29H35N5O5/c1-29(2,3)39-28(37)34-14-10-22(11-15-34)32-26(35)21-6-9-25(31-19-21)27(36)33-16-12-24(13-17-33)38-23-7-4-20(18-30)5-8-23/h4-9,19,22,24H,10-17H2,1-3H3,(H,32,35). The van der Waals surface area contributed by atoms with Crippen molar-refractivity contribution in [2.45, 2.75) is 64.2 Å². The van der Waals surface area contributed by atoms with Gasteiger partial charge in [0, 0.05) is 51.3 Å². The van der Waals surface area contributed by atoms with Crippen molar-refractivity contribution >= 4 is 17.9 Å². The predicted octanol–water partition coefficient (Wildman–Crippen LogP) is 3.77. The van der Waals surface area contributed by atoms with Crippen LogP contribution in [-0.2, 0) is 4.74 Å². The topological polar surface area (TPSA) is 125 Å². The van der Waals surface area contributed by atoms with E-state index in [1.165, 1.54) is 6.20 Å². The number of likely N-dealkylation sites (tertiary alicyclic amines) is 2. The molecule has 2 saturated heterocycles. The molecule has 2 fully saturated rings. The number of hydrogen-bond acceptors (Lipinski definition) is 7. The van der Waals surface area contributed by atoms with E-state index in [2.05, 4.69) is 16.4 Å². The summed E-state index contributed by atoms with van der Waals surface area (Å²) in [6.45, 7) is 7.63. The van der Waals surface area contributed by atoms with Crippen molar-refractivity contribution in [1.29, 1.82) is 5.26 Å². The highest BCUT2D eigenvalue weighted by Crippen LogP contribution is 2.21. The Morgan fingerprint density at radius 2 is 1.59 bits per heavy atom. The van der Waals surface area contributed by atoms with Gasteiger partial charge in [-0.1, -0.05) is 0 Å². The summed E-state index contributed by atoms with van der Waals surface area (Å²) in [5, 5.41) is 11.9. The zero-order chi connectivity index (χ0) is 28.0. The van der Waals surface area contributed by atoms with Gasteiger partial charge in [-0.25, -0.2) is 4.79 Å². The summed E-state index contributed by atoms with van der Waals surface area (Å²) in [6.07, 6.45) is 3.76. The molecule has 3 heterocycles. The molecular formula is C29H35N5O5. The zero-order valence-electron chi connectivity index (χ0n) is 22.7. The minimum Gasteiger partial charge on any atom is -0.490 e. The van der Waals surface area contributed by atoms with E-state index in [0.717, 1.165) is 0 Å². The van der Waals surface area contributed by atoms with Gasteiger partial charge in [0.2, 0.25) is 0 Å². The second kappa shape index (κ2) is 12.2. The van der Waals surface area contributed by atoms with Gasteiger partial charge in [0.15, 0.2) is 0 Å². The fraction of sp³-hybridized carbons (Fsp3) is 0.483. The maximum atomic E-state index is 13.0. The molecule has 1 N–H and O–H groups in total. The molecule has 4 rings (SSSR count). The van der Waals surface area contributed by atoms with Crippen LogP contribution in [0.3, 0.4) is 0 Å². The SMILES string of the molecule is CC(C)(C)OC(=O)N1CCC(NC(=O)c2ccc(C(=O)N3CCC(Oc4ccc(C#N)cc4)CC3)nc2)CC1. The Labute approximate surface area is 228 Å². The van der Waals surface area contributed by atoms with E-state index in [1.807, 2.05) is 20.8 Å². The zero-order valence-corrected chi connectivity index (χ0v) is 22.7. The van der Waals surface area contributed by atoms with Crippen LogP contribution in [-0.4, -0.2) is 76.6 Å². The third-order valence-corrected chi connectivity index (χ3v) is 6.74.